The van der Waals surface area contributed by atoms with Crippen molar-refractivity contribution in [2.24, 2.45) is 11.3 Å². The van der Waals surface area contributed by atoms with E-state index in [1.165, 1.54) is 45.2 Å². The first-order valence-electron chi connectivity index (χ1n) is 8.43. The Balaban J connectivity index is 1.89. The first-order valence-corrected chi connectivity index (χ1v) is 8.43. The van der Waals surface area contributed by atoms with Gasteiger partial charge < -0.3 is 5.32 Å². The van der Waals surface area contributed by atoms with Crippen LogP contribution in [0.1, 0.15) is 66.7 Å². The molecule has 0 aromatic heterocycles. The Hall–Kier alpha value is -0.0800. The molecule has 2 unspecified atom stereocenters. The summed E-state index contributed by atoms with van der Waals surface area (Å²) in [6.45, 7) is 14.4. The van der Waals surface area contributed by atoms with Crippen LogP contribution in [-0.2, 0) is 0 Å². The first kappa shape index (κ1) is 15.3. The summed E-state index contributed by atoms with van der Waals surface area (Å²) in [6, 6.07) is 2.24. The molecule has 0 aromatic rings. The zero-order valence-electron chi connectivity index (χ0n) is 13.7. The first-order chi connectivity index (χ1) is 8.94. The molecule has 1 saturated heterocycles. The highest BCUT2D eigenvalue weighted by Gasteiger charge is 2.35. The molecule has 1 N–H and O–H groups in total. The normalized spacial score (nSPS) is 38.4. The van der Waals surface area contributed by atoms with Gasteiger partial charge in [-0.2, -0.15) is 0 Å². The molecule has 1 saturated carbocycles. The summed E-state index contributed by atoms with van der Waals surface area (Å²) in [7, 11) is 0. The summed E-state index contributed by atoms with van der Waals surface area (Å²) >= 11 is 0. The van der Waals surface area contributed by atoms with Crippen LogP contribution < -0.4 is 5.32 Å². The number of rotatable bonds is 3. The van der Waals surface area contributed by atoms with E-state index in [0.717, 1.165) is 18.0 Å². The van der Waals surface area contributed by atoms with Gasteiger partial charge in [-0.15, -0.1) is 0 Å². The lowest BCUT2D eigenvalue weighted by molar-refractivity contribution is 0.0421. The minimum atomic E-state index is 0.549. The van der Waals surface area contributed by atoms with Crippen molar-refractivity contribution in [3.63, 3.8) is 0 Å². The van der Waals surface area contributed by atoms with Crippen molar-refractivity contribution in [2.75, 3.05) is 13.1 Å². The highest BCUT2D eigenvalue weighted by molar-refractivity contribution is 4.91. The van der Waals surface area contributed by atoms with Gasteiger partial charge in [0, 0.05) is 31.2 Å². The Labute approximate surface area is 120 Å². The van der Waals surface area contributed by atoms with Gasteiger partial charge in [0.2, 0.25) is 0 Å². The average Bonchev–Trinajstić information content (AvgIpc) is 2.42. The molecule has 2 nitrogen and oxygen atoms in total. The summed E-state index contributed by atoms with van der Waals surface area (Å²) in [5, 5.41) is 3.60. The minimum Gasteiger partial charge on any atom is -0.311 e. The van der Waals surface area contributed by atoms with E-state index in [0.29, 0.717) is 11.5 Å². The van der Waals surface area contributed by atoms with Crippen molar-refractivity contribution in [2.45, 2.75) is 84.8 Å². The highest BCUT2D eigenvalue weighted by Crippen LogP contribution is 2.41. The van der Waals surface area contributed by atoms with Gasteiger partial charge in [-0.3, -0.25) is 4.90 Å². The van der Waals surface area contributed by atoms with E-state index in [1.54, 1.807) is 0 Å². The molecule has 0 radical (unpaired) electrons. The zero-order chi connectivity index (χ0) is 14.0. The standard InChI is InChI=1S/C17H34N2/c1-6-17(4,5)15-7-9-16(10-8-15)19-12-13(2)18-11-14(19)3/h13-16,18H,6-12H2,1-5H3. The Kier molecular flexibility index (Phi) is 4.94. The molecular weight excluding hydrogens is 232 g/mol. The van der Waals surface area contributed by atoms with E-state index in [2.05, 4.69) is 44.8 Å². The predicted octanol–water partition coefficient (Wildman–Crippen LogP) is 3.66. The summed E-state index contributed by atoms with van der Waals surface area (Å²) in [5.74, 6) is 0.949. The largest absolute Gasteiger partial charge is 0.311 e. The van der Waals surface area contributed by atoms with E-state index in [1.807, 2.05) is 0 Å². The molecule has 2 heteroatoms. The fourth-order valence-electron chi connectivity index (χ4n) is 4.04. The lowest BCUT2D eigenvalue weighted by atomic mass is 9.68. The lowest BCUT2D eigenvalue weighted by Gasteiger charge is -2.47. The van der Waals surface area contributed by atoms with Crippen LogP contribution in [0, 0.1) is 11.3 Å². The van der Waals surface area contributed by atoms with Gasteiger partial charge >= 0.3 is 0 Å². The van der Waals surface area contributed by atoms with Gasteiger partial charge in [0.05, 0.1) is 0 Å². The molecule has 1 heterocycles. The van der Waals surface area contributed by atoms with Crippen LogP contribution in [0.15, 0.2) is 0 Å². The molecule has 0 amide bonds. The van der Waals surface area contributed by atoms with Crippen molar-refractivity contribution < 1.29 is 0 Å². The molecule has 0 aromatic carbocycles. The highest BCUT2D eigenvalue weighted by atomic mass is 15.2. The second kappa shape index (κ2) is 6.13. The molecule has 1 aliphatic carbocycles. The summed E-state index contributed by atoms with van der Waals surface area (Å²) in [6.07, 6.45) is 7.05. The molecule has 2 rings (SSSR count). The van der Waals surface area contributed by atoms with E-state index in [-0.39, 0.29) is 0 Å². The average molecular weight is 266 g/mol. The molecule has 1 aliphatic heterocycles. The van der Waals surface area contributed by atoms with Gasteiger partial charge in [0.1, 0.15) is 0 Å². The molecule has 0 bridgehead atoms. The van der Waals surface area contributed by atoms with Crippen molar-refractivity contribution >= 4 is 0 Å². The van der Waals surface area contributed by atoms with Crippen LogP contribution in [0.5, 0.6) is 0 Å². The van der Waals surface area contributed by atoms with E-state index < -0.39 is 0 Å². The van der Waals surface area contributed by atoms with E-state index >= 15 is 0 Å². The number of piperazine rings is 1. The fourth-order valence-corrected chi connectivity index (χ4v) is 4.04. The molecule has 112 valence electrons. The molecule has 19 heavy (non-hydrogen) atoms. The Morgan fingerprint density at radius 2 is 1.74 bits per heavy atom. The molecular formula is C17H34N2. The van der Waals surface area contributed by atoms with E-state index in [9.17, 15) is 0 Å². The SMILES string of the molecule is CCC(C)(C)C1CCC(N2CC(C)NCC2C)CC1. The Bertz CT molecular complexity index is 279. The van der Waals surface area contributed by atoms with Gasteiger partial charge in [0.15, 0.2) is 0 Å². The van der Waals surface area contributed by atoms with E-state index in [4.69, 9.17) is 0 Å². The third-order valence-electron chi connectivity index (χ3n) is 5.99. The molecule has 0 spiro atoms. The van der Waals surface area contributed by atoms with Crippen LogP contribution in [0.4, 0.5) is 0 Å². The maximum absolute atomic E-state index is 3.60. The second-order valence-electron chi connectivity index (χ2n) is 7.70. The fraction of sp³-hybridized carbons (Fsp3) is 1.00. The number of hydrogen-bond donors (Lipinski definition) is 1. The van der Waals surface area contributed by atoms with Gasteiger partial charge in [-0.25, -0.2) is 0 Å². The number of nitrogens with zero attached hydrogens (tertiary/aromatic N) is 1. The van der Waals surface area contributed by atoms with Crippen LogP contribution in [-0.4, -0.2) is 36.1 Å². The van der Waals surface area contributed by atoms with Crippen molar-refractivity contribution in [3.05, 3.63) is 0 Å². The van der Waals surface area contributed by atoms with Crippen LogP contribution in [0.25, 0.3) is 0 Å². The minimum absolute atomic E-state index is 0.549. The number of hydrogen-bond acceptors (Lipinski definition) is 2. The van der Waals surface area contributed by atoms with Crippen molar-refractivity contribution in [1.29, 1.82) is 0 Å². The van der Waals surface area contributed by atoms with Crippen molar-refractivity contribution in [3.8, 4) is 0 Å². The van der Waals surface area contributed by atoms with Crippen LogP contribution in [0.2, 0.25) is 0 Å². The van der Waals surface area contributed by atoms with Crippen LogP contribution >= 0.6 is 0 Å². The van der Waals surface area contributed by atoms with Crippen LogP contribution in [0.3, 0.4) is 0 Å². The maximum atomic E-state index is 3.60. The molecule has 2 atom stereocenters. The monoisotopic (exact) mass is 266 g/mol. The molecule has 2 fully saturated rings. The van der Waals surface area contributed by atoms with Gasteiger partial charge in [-0.05, 0) is 50.9 Å². The smallest absolute Gasteiger partial charge is 0.0196 e. The van der Waals surface area contributed by atoms with Gasteiger partial charge in [-0.1, -0.05) is 27.2 Å². The van der Waals surface area contributed by atoms with Crippen molar-refractivity contribution in [1.82, 2.24) is 10.2 Å². The molecule has 2 aliphatic rings. The topological polar surface area (TPSA) is 15.3 Å². The predicted molar refractivity (Wildman–Crippen MR) is 83.5 cm³/mol. The maximum Gasteiger partial charge on any atom is 0.0196 e. The lowest BCUT2D eigenvalue weighted by Crippen LogP contribution is -2.58. The number of nitrogens with one attached hydrogen (secondary N) is 1. The van der Waals surface area contributed by atoms with Gasteiger partial charge in [0.25, 0.3) is 0 Å². The third kappa shape index (κ3) is 3.52. The third-order valence-corrected chi connectivity index (χ3v) is 5.99. The Morgan fingerprint density at radius 1 is 1.11 bits per heavy atom. The summed E-state index contributed by atoms with van der Waals surface area (Å²) in [5.41, 5.74) is 0.549. The second-order valence-corrected chi connectivity index (χ2v) is 7.70. The summed E-state index contributed by atoms with van der Waals surface area (Å²) in [4.78, 5) is 2.79. The summed E-state index contributed by atoms with van der Waals surface area (Å²) < 4.78 is 0. The Morgan fingerprint density at radius 3 is 2.32 bits per heavy atom. The zero-order valence-corrected chi connectivity index (χ0v) is 13.7. The quantitative estimate of drug-likeness (QED) is 0.838.